The molecular weight excluding hydrogens is 127 g/mol. The van der Waals surface area contributed by atoms with E-state index in [9.17, 15) is 4.79 Å². The maximum Gasteiger partial charge on any atom is 0.302 e. The van der Waals surface area contributed by atoms with Gasteiger partial charge in [0.15, 0.2) is 0 Å². The van der Waals surface area contributed by atoms with Crippen molar-refractivity contribution < 1.29 is 9.90 Å². The zero-order valence-electron chi connectivity index (χ0n) is 6.34. The van der Waals surface area contributed by atoms with Crippen LogP contribution in [0.5, 0.6) is 0 Å². The smallest absolute Gasteiger partial charge is 0.302 e. The van der Waals surface area contributed by atoms with Crippen LogP contribution in [0.1, 0.15) is 19.8 Å². The van der Waals surface area contributed by atoms with E-state index in [2.05, 4.69) is 6.58 Å². The van der Waals surface area contributed by atoms with Crippen molar-refractivity contribution >= 4 is 12.6 Å². The van der Waals surface area contributed by atoms with E-state index in [0.29, 0.717) is 0 Å². The largest absolute Gasteiger partial charge is 0.489 e. The summed E-state index contributed by atoms with van der Waals surface area (Å²) in [7, 11) is 0. The summed E-state index contributed by atoms with van der Waals surface area (Å²) in [6, 6.07) is 0. The first-order valence-corrected chi connectivity index (χ1v) is 3.57. The highest BCUT2D eigenvalue weighted by Gasteiger charge is 2.17. The SMILES string of the molecule is C=CB(CCCC)C(=O)O. The Morgan fingerprint density at radius 1 is 1.80 bits per heavy atom. The van der Waals surface area contributed by atoms with Crippen LogP contribution < -0.4 is 0 Å². The molecule has 0 spiro atoms. The lowest BCUT2D eigenvalue weighted by molar-refractivity contribution is 0.219. The molecule has 56 valence electrons. The summed E-state index contributed by atoms with van der Waals surface area (Å²) < 4.78 is 0. The van der Waals surface area contributed by atoms with Gasteiger partial charge in [0.05, 0.1) is 0 Å². The lowest BCUT2D eigenvalue weighted by atomic mass is 9.47. The maximum atomic E-state index is 10.4. The van der Waals surface area contributed by atoms with E-state index in [1.807, 2.05) is 6.92 Å². The molecule has 0 saturated heterocycles. The fraction of sp³-hybridized carbons (Fsp3) is 0.571. The topological polar surface area (TPSA) is 37.3 Å². The van der Waals surface area contributed by atoms with Crippen LogP contribution in [0.15, 0.2) is 12.6 Å². The normalized spacial score (nSPS) is 8.90. The summed E-state index contributed by atoms with van der Waals surface area (Å²) in [6.45, 7) is 5.15. The van der Waals surface area contributed by atoms with Crippen LogP contribution in [0, 0.1) is 0 Å². The molecule has 0 aromatic heterocycles. The molecule has 10 heavy (non-hydrogen) atoms. The molecule has 0 heterocycles. The van der Waals surface area contributed by atoms with E-state index in [4.69, 9.17) is 5.11 Å². The number of hydrogen-bond acceptors (Lipinski definition) is 1. The average Bonchev–Trinajstić information content (AvgIpc) is 1.89. The molecule has 0 aliphatic rings. The summed E-state index contributed by atoms with van der Waals surface area (Å²) >= 11 is 0. The fourth-order valence-corrected chi connectivity index (χ4v) is 0.766. The Labute approximate surface area is 62.0 Å². The molecule has 0 aliphatic carbocycles. The molecule has 0 amide bonds. The van der Waals surface area contributed by atoms with Crippen molar-refractivity contribution in [3.8, 4) is 0 Å². The van der Waals surface area contributed by atoms with Crippen molar-refractivity contribution in [2.45, 2.75) is 26.1 Å². The second-order valence-electron chi connectivity index (χ2n) is 2.32. The minimum atomic E-state index is -0.761. The standard InChI is InChI=1S/C7H13BO2/c1-3-5-6-8(4-2)7(9)10/h4H,2-3,5-6H2,1H3,(H,9,10). The van der Waals surface area contributed by atoms with Crippen LogP contribution in [0.25, 0.3) is 0 Å². The van der Waals surface area contributed by atoms with Gasteiger partial charge in [-0.05, 0) is 0 Å². The summed E-state index contributed by atoms with van der Waals surface area (Å²) in [4.78, 5) is 10.4. The van der Waals surface area contributed by atoms with Crippen molar-refractivity contribution in [1.82, 2.24) is 0 Å². The molecule has 3 heteroatoms. The van der Waals surface area contributed by atoms with Gasteiger partial charge in [0.2, 0.25) is 0 Å². The number of rotatable bonds is 5. The molecule has 0 unspecified atom stereocenters. The van der Waals surface area contributed by atoms with Gasteiger partial charge in [0.25, 0.3) is 5.87 Å². The summed E-state index contributed by atoms with van der Waals surface area (Å²) in [5.74, 6) is 0.737. The van der Waals surface area contributed by atoms with Gasteiger partial charge in [-0.3, -0.25) is 4.79 Å². The molecular formula is C7H13BO2. The quantitative estimate of drug-likeness (QED) is 0.594. The zero-order valence-corrected chi connectivity index (χ0v) is 6.34. The summed E-state index contributed by atoms with van der Waals surface area (Å²) in [5, 5.41) is 8.53. The van der Waals surface area contributed by atoms with Gasteiger partial charge in [0, 0.05) is 0 Å². The Kier molecular flexibility index (Phi) is 4.72. The first-order valence-electron chi connectivity index (χ1n) is 3.57. The van der Waals surface area contributed by atoms with Gasteiger partial charge in [-0.25, -0.2) is 0 Å². The molecule has 1 N–H and O–H groups in total. The minimum Gasteiger partial charge on any atom is -0.489 e. The summed E-state index contributed by atoms with van der Waals surface area (Å²) in [5.41, 5.74) is 0. The molecule has 0 aromatic carbocycles. The predicted molar refractivity (Wildman–Crippen MR) is 43.7 cm³/mol. The molecule has 0 fully saturated rings. The van der Waals surface area contributed by atoms with Gasteiger partial charge in [-0.15, -0.1) is 12.6 Å². The highest BCUT2D eigenvalue weighted by Crippen LogP contribution is 2.02. The number of hydrogen-bond donors (Lipinski definition) is 1. The fourth-order valence-electron chi connectivity index (χ4n) is 0.766. The van der Waals surface area contributed by atoms with E-state index in [1.165, 1.54) is 5.98 Å². The Bertz CT molecular complexity index is 123. The highest BCUT2D eigenvalue weighted by atomic mass is 16.4. The van der Waals surface area contributed by atoms with Crippen LogP contribution in [0.3, 0.4) is 0 Å². The third-order valence-electron chi connectivity index (χ3n) is 1.47. The van der Waals surface area contributed by atoms with Crippen LogP contribution in [0.2, 0.25) is 6.32 Å². The molecule has 0 bridgehead atoms. The first kappa shape index (κ1) is 9.27. The Hall–Kier alpha value is -0.725. The van der Waals surface area contributed by atoms with Crippen LogP contribution in [-0.2, 0) is 0 Å². The lowest BCUT2D eigenvalue weighted by Crippen LogP contribution is -2.20. The highest BCUT2D eigenvalue weighted by molar-refractivity contribution is 6.91. The van der Waals surface area contributed by atoms with Crippen LogP contribution in [-0.4, -0.2) is 17.7 Å². The Balaban J connectivity index is 3.60. The molecule has 0 rings (SSSR count). The number of carbonyl (C=O) groups is 1. The monoisotopic (exact) mass is 140 g/mol. The maximum absolute atomic E-state index is 10.4. The molecule has 0 atom stereocenters. The van der Waals surface area contributed by atoms with Crippen molar-refractivity contribution in [2.24, 2.45) is 0 Å². The molecule has 0 saturated carbocycles. The predicted octanol–water partition coefficient (Wildman–Crippen LogP) is 2.27. The second kappa shape index (κ2) is 5.09. The van der Waals surface area contributed by atoms with Crippen molar-refractivity contribution in [2.75, 3.05) is 0 Å². The second-order valence-corrected chi connectivity index (χ2v) is 2.32. The molecule has 0 aromatic rings. The Morgan fingerprint density at radius 3 is 2.70 bits per heavy atom. The average molecular weight is 140 g/mol. The molecule has 0 aliphatic heterocycles. The van der Waals surface area contributed by atoms with E-state index in [-0.39, 0.29) is 6.71 Å². The zero-order chi connectivity index (χ0) is 7.98. The van der Waals surface area contributed by atoms with Gasteiger partial charge in [-0.2, -0.15) is 0 Å². The first-order chi connectivity index (χ1) is 4.72. The van der Waals surface area contributed by atoms with Crippen molar-refractivity contribution in [1.29, 1.82) is 0 Å². The van der Waals surface area contributed by atoms with E-state index in [0.717, 1.165) is 19.2 Å². The van der Waals surface area contributed by atoms with Crippen molar-refractivity contribution in [3.05, 3.63) is 12.6 Å². The third kappa shape index (κ3) is 3.33. The third-order valence-corrected chi connectivity index (χ3v) is 1.47. The van der Waals surface area contributed by atoms with Crippen LogP contribution in [0.4, 0.5) is 4.79 Å². The lowest BCUT2D eigenvalue weighted by Gasteiger charge is -1.99. The number of unbranched alkanes of at least 4 members (excludes halogenated alkanes) is 1. The van der Waals surface area contributed by atoms with Gasteiger partial charge in [-0.1, -0.05) is 26.1 Å². The summed E-state index contributed by atoms with van der Waals surface area (Å²) in [6.07, 6.45) is 2.72. The minimum absolute atomic E-state index is 0.347. The van der Waals surface area contributed by atoms with Gasteiger partial charge >= 0.3 is 6.71 Å². The van der Waals surface area contributed by atoms with Gasteiger partial charge in [0.1, 0.15) is 0 Å². The molecule has 2 nitrogen and oxygen atoms in total. The number of carboxylic acid groups (broad SMARTS) is 1. The van der Waals surface area contributed by atoms with E-state index >= 15 is 0 Å². The van der Waals surface area contributed by atoms with E-state index in [1.54, 1.807) is 0 Å². The Morgan fingerprint density at radius 2 is 2.40 bits per heavy atom. The van der Waals surface area contributed by atoms with Crippen LogP contribution >= 0.6 is 0 Å². The van der Waals surface area contributed by atoms with Gasteiger partial charge < -0.3 is 5.11 Å². The van der Waals surface area contributed by atoms with E-state index < -0.39 is 5.87 Å². The molecule has 0 radical (unpaired) electrons. The van der Waals surface area contributed by atoms with Crippen molar-refractivity contribution in [3.63, 3.8) is 0 Å².